The van der Waals surface area contributed by atoms with Crippen LogP contribution in [0.2, 0.25) is 0 Å². The average Bonchev–Trinajstić information content (AvgIpc) is 2.36. The molecule has 0 aliphatic carbocycles. The van der Waals surface area contributed by atoms with Crippen molar-refractivity contribution in [3.63, 3.8) is 0 Å². The average molecular weight is 265 g/mol. The Kier molecular flexibility index (Phi) is 5.36. The lowest BCUT2D eigenvalue weighted by Crippen LogP contribution is -2.56. The zero-order valence-corrected chi connectivity index (χ0v) is 12.3. The summed E-state index contributed by atoms with van der Waals surface area (Å²) in [7, 11) is 1.39. The van der Waals surface area contributed by atoms with Crippen molar-refractivity contribution < 1.29 is 14.3 Å². The van der Waals surface area contributed by atoms with Crippen LogP contribution in [0, 0.1) is 6.92 Å². The molecule has 0 fully saturated rings. The van der Waals surface area contributed by atoms with Crippen LogP contribution in [-0.2, 0) is 9.53 Å². The molecule has 1 atom stereocenters. The number of benzene rings is 1. The van der Waals surface area contributed by atoms with Crippen molar-refractivity contribution >= 4 is 5.97 Å². The summed E-state index contributed by atoms with van der Waals surface area (Å²) in [5.41, 5.74) is 0.185. The van der Waals surface area contributed by atoms with Crippen molar-refractivity contribution in [2.45, 2.75) is 39.3 Å². The largest absolute Gasteiger partial charge is 0.491 e. The molecule has 0 heterocycles. The maximum atomic E-state index is 11.9. The second-order valence-corrected chi connectivity index (χ2v) is 5.18. The number of rotatable bonds is 6. The van der Waals surface area contributed by atoms with Gasteiger partial charge in [0.1, 0.15) is 17.9 Å². The van der Waals surface area contributed by atoms with E-state index >= 15 is 0 Å². The number of para-hydroxylation sites is 1. The van der Waals surface area contributed by atoms with Crippen LogP contribution in [-0.4, -0.2) is 31.3 Å². The summed E-state index contributed by atoms with van der Waals surface area (Å²) in [6.07, 6.45) is 0. The fraction of sp³-hybridized carbons (Fsp3) is 0.533. The molecular formula is C15H23NO3. The molecule has 0 radical (unpaired) electrons. The fourth-order valence-electron chi connectivity index (χ4n) is 1.96. The first kappa shape index (κ1) is 15.5. The number of carbonyl (C=O) groups excluding carboxylic acids is 1. The summed E-state index contributed by atoms with van der Waals surface area (Å²) in [6, 6.07) is 7.88. The first-order chi connectivity index (χ1) is 8.89. The van der Waals surface area contributed by atoms with E-state index in [0.717, 1.165) is 11.3 Å². The predicted octanol–water partition coefficient (Wildman–Crippen LogP) is 2.30. The number of methoxy groups -OCH3 is 1. The van der Waals surface area contributed by atoms with Crippen LogP contribution >= 0.6 is 0 Å². The highest BCUT2D eigenvalue weighted by atomic mass is 16.5. The molecule has 0 bridgehead atoms. The van der Waals surface area contributed by atoms with E-state index < -0.39 is 5.54 Å². The van der Waals surface area contributed by atoms with E-state index in [1.807, 2.05) is 45.0 Å². The summed E-state index contributed by atoms with van der Waals surface area (Å²) in [4.78, 5) is 11.9. The van der Waals surface area contributed by atoms with E-state index in [4.69, 9.17) is 9.47 Å². The lowest BCUT2D eigenvalue weighted by atomic mass is 10.0. The highest BCUT2D eigenvalue weighted by Gasteiger charge is 2.36. The first-order valence-corrected chi connectivity index (χ1v) is 6.43. The number of nitrogens with one attached hydrogen (secondary N) is 1. The normalized spacial score (nSPS) is 14.0. The van der Waals surface area contributed by atoms with Gasteiger partial charge >= 0.3 is 5.97 Å². The summed E-state index contributed by atoms with van der Waals surface area (Å²) in [6.45, 7) is 7.95. The minimum absolute atomic E-state index is 0.157. The van der Waals surface area contributed by atoms with Crippen LogP contribution in [0.3, 0.4) is 0 Å². The van der Waals surface area contributed by atoms with Crippen molar-refractivity contribution in [2.75, 3.05) is 13.7 Å². The molecule has 0 aliphatic rings. The second kappa shape index (κ2) is 6.57. The highest BCUT2D eigenvalue weighted by Crippen LogP contribution is 2.18. The minimum Gasteiger partial charge on any atom is -0.491 e. The van der Waals surface area contributed by atoms with E-state index in [9.17, 15) is 4.79 Å². The third kappa shape index (κ3) is 4.24. The van der Waals surface area contributed by atoms with Crippen LogP contribution < -0.4 is 10.1 Å². The van der Waals surface area contributed by atoms with Crippen LogP contribution in [0.25, 0.3) is 0 Å². The SMILES string of the molecule is COC(=O)C(C)(COc1ccccc1C)NC(C)C. The molecule has 0 amide bonds. The van der Waals surface area contributed by atoms with Gasteiger partial charge in [0.25, 0.3) is 0 Å². The second-order valence-electron chi connectivity index (χ2n) is 5.18. The lowest BCUT2D eigenvalue weighted by molar-refractivity contribution is -0.149. The van der Waals surface area contributed by atoms with Gasteiger partial charge in [-0.3, -0.25) is 5.32 Å². The molecule has 4 nitrogen and oxygen atoms in total. The molecular weight excluding hydrogens is 242 g/mol. The summed E-state index contributed by atoms with van der Waals surface area (Å²) in [5.74, 6) is 0.456. The molecule has 0 aliphatic heterocycles. The van der Waals surface area contributed by atoms with Gasteiger partial charge in [-0.25, -0.2) is 4.79 Å². The Balaban J connectivity index is 2.79. The number of aryl methyl sites for hydroxylation is 1. The van der Waals surface area contributed by atoms with Gasteiger partial charge in [0.05, 0.1) is 7.11 Å². The standard InChI is InChI=1S/C15H23NO3/c1-11(2)16-15(4,14(17)18-5)10-19-13-9-7-6-8-12(13)3/h6-9,11,16H,10H2,1-5H3. The van der Waals surface area contributed by atoms with Crippen molar-refractivity contribution in [3.8, 4) is 5.75 Å². The number of esters is 1. The third-order valence-corrected chi connectivity index (χ3v) is 2.85. The lowest BCUT2D eigenvalue weighted by Gasteiger charge is -2.30. The third-order valence-electron chi connectivity index (χ3n) is 2.85. The molecule has 0 aromatic heterocycles. The molecule has 1 aromatic carbocycles. The Labute approximate surface area is 115 Å². The molecule has 106 valence electrons. The van der Waals surface area contributed by atoms with E-state index in [0.29, 0.717) is 0 Å². The molecule has 1 aromatic rings. The zero-order chi connectivity index (χ0) is 14.5. The molecule has 0 spiro atoms. The van der Waals surface area contributed by atoms with Crippen molar-refractivity contribution in [1.82, 2.24) is 5.32 Å². The zero-order valence-electron chi connectivity index (χ0n) is 12.3. The van der Waals surface area contributed by atoms with Crippen LogP contribution in [0.4, 0.5) is 0 Å². The smallest absolute Gasteiger partial charge is 0.329 e. The van der Waals surface area contributed by atoms with Crippen LogP contribution in [0.15, 0.2) is 24.3 Å². The Hall–Kier alpha value is -1.55. The van der Waals surface area contributed by atoms with Gasteiger partial charge in [0, 0.05) is 6.04 Å². The first-order valence-electron chi connectivity index (χ1n) is 6.43. The maximum absolute atomic E-state index is 11.9. The Morgan fingerprint density at radius 2 is 2.00 bits per heavy atom. The van der Waals surface area contributed by atoms with Gasteiger partial charge in [-0.15, -0.1) is 0 Å². The van der Waals surface area contributed by atoms with Crippen molar-refractivity contribution in [3.05, 3.63) is 29.8 Å². The van der Waals surface area contributed by atoms with Gasteiger partial charge in [-0.05, 0) is 39.3 Å². The molecule has 1 unspecified atom stereocenters. The minimum atomic E-state index is -0.856. The molecule has 1 N–H and O–H groups in total. The van der Waals surface area contributed by atoms with E-state index in [-0.39, 0.29) is 18.6 Å². The topological polar surface area (TPSA) is 47.6 Å². The van der Waals surface area contributed by atoms with Gasteiger partial charge in [0.15, 0.2) is 0 Å². The fourth-order valence-corrected chi connectivity index (χ4v) is 1.96. The van der Waals surface area contributed by atoms with Crippen LogP contribution in [0.5, 0.6) is 5.75 Å². The number of ether oxygens (including phenoxy) is 2. The van der Waals surface area contributed by atoms with Gasteiger partial charge in [-0.1, -0.05) is 18.2 Å². The number of carbonyl (C=O) groups is 1. The highest BCUT2D eigenvalue weighted by molar-refractivity contribution is 5.80. The van der Waals surface area contributed by atoms with Crippen molar-refractivity contribution in [1.29, 1.82) is 0 Å². The van der Waals surface area contributed by atoms with Gasteiger partial charge in [0.2, 0.25) is 0 Å². The molecule has 19 heavy (non-hydrogen) atoms. The van der Waals surface area contributed by atoms with Crippen molar-refractivity contribution in [2.24, 2.45) is 0 Å². The van der Waals surface area contributed by atoms with E-state index in [1.54, 1.807) is 6.92 Å². The van der Waals surface area contributed by atoms with E-state index in [2.05, 4.69) is 5.32 Å². The Bertz CT molecular complexity index is 431. The quantitative estimate of drug-likeness (QED) is 0.802. The maximum Gasteiger partial charge on any atom is 0.329 e. The summed E-state index contributed by atoms with van der Waals surface area (Å²) in [5, 5.41) is 3.20. The Morgan fingerprint density at radius 3 is 2.53 bits per heavy atom. The number of hydrogen-bond donors (Lipinski definition) is 1. The van der Waals surface area contributed by atoms with Crippen LogP contribution in [0.1, 0.15) is 26.3 Å². The molecule has 0 saturated heterocycles. The predicted molar refractivity (Wildman–Crippen MR) is 75.4 cm³/mol. The summed E-state index contributed by atoms with van der Waals surface area (Å²) < 4.78 is 10.6. The Morgan fingerprint density at radius 1 is 1.37 bits per heavy atom. The number of hydrogen-bond acceptors (Lipinski definition) is 4. The monoisotopic (exact) mass is 265 g/mol. The van der Waals surface area contributed by atoms with Gasteiger partial charge in [-0.2, -0.15) is 0 Å². The molecule has 0 saturated carbocycles. The van der Waals surface area contributed by atoms with E-state index in [1.165, 1.54) is 7.11 Å². The molecule has 4 heteroatoms. The van der Waals surface area contributed by atoms with Gasteiger partial charge < -0.3 is 9.47 Å². The molecule has 1 rings (SSSR count). The summed E-state index contributed by atoms with van der Waals surface area (Å²) >= 11 is 0.